The van der Waals surface area contributed by atoms with Gasteiger partial charge >= 0.3 is 0 Å². The second-order valence-corrected chi connectivity index (χ2v) is 7.28. The Labute approximate surface area is 144 Å². The largest absolute Gasteiger partial charge is 0.493 e. The first-order valence-corrected chi connectivity index (χ1v) is 8.49. The maximum Gasteiger partial charge on any atom is 0.163 e. The van der Waals surface area contributed by atoms with E-state index in [2.05, 4.69) is 26.0 Å². The quantitative estimate of drug-likeness (QED) is 0.767. The summed E-state index contributed by atoms with van der Waals surface area (Å²) in [6, 6.07) is 20.3. The van der Waals surface area contributed by atoms with E-state index in [0.29, 0.717) is 19.4 Å². The molecule has 1 aliphatic rings. The lowest BCUT2D eigenvalue weighted by molar-refractivity contribution is -0.118. The molecular formula is C22H24O2. The first-order chi connectivity index (χ1) is 11.5. The van der Waals surface area contributed by atoms with Crippen molar-refractivity contribution >= 4 is 5.78 Å². The van der Waals surface area contributed by atoms with Crippen LogP contribution in [-0.2, 0) is 22.6 Å². The predicted octanol–water partition coefficient (Wildman–Crippen LogP) is 5.09. The minimum atomic E-state index is -0.0384. The molecule has 0 aliphatic heterocycles. The number of allylic oxidation sites excluding steroid dienone is 2. The standard InChI is InChI=1S/C22H24O2/c1-22(2)14-20(23)19(13-17-9-5-3-6-10-17)21(15-22)24-16-18-11-7-4-8-12-18/h3-12H,13-16H2,1-2H3. The fourth-order valence-electron chi connectivity index (χ4n) is 3.18. The van der Waals surface area contributed by atoms with E-state index in [1.807, 2.05) is 48.5 Å². The molecule has 0 saturated heterocycles. The highest BCUT2D eigenvalue weighted by atomic mass is 16.5. The van der Waals surface area contributed by atoms with Crippen LogP contribution in [0.25, 0.3) is 0 Å². The minimum Gasteiger partial charge on any atom is -0.493 e. The van der Waals surface area contributed by atoms with Crippen LogP contribution in [-0.4, -0.2) is 5.78 Å². The Morgan fingerprint density at radius 2 is 1.46 bits per heavy atom. The van der Waals surface area contributed by atoms with Gasteiger partial charge in [-0.15, -0.1) is 0 Å². The summed E-state index contributed by atoms with van der Waals surface area (Å²) in [5.41, 5.74) is 3.08. The van der Waals surface area contributed by atoms with Crippen LogP contribution in [0.3, 0.4) is 0 Å². The Hall–Kier alpha value is -2.35. The van der Waals surface area contributed by atoms with Crippen LogP contribution >= 0.6 is 0 Å². The van der Waals surface area contributed by atoms with Gasteiger partial charge in [-0.05, 0) is 16.5 Å². The fraction of sp³-hybridized carbons (Fsp3) is 0.318. The maximum atomic E-state index is 12.7. The molecule has 124 valence electrons. The van der Waals surface area contributed by atoms with E-state index in [0.717, 1.165) is 28.9 Å². The molecule has 2 aromatic carbocycles. The first kappa shape index (κ1) is 16.5. The van der Waals surface area contributed by atoms with Crippen molar-refractivity contribution in [1.82, 2.24) is 0 Å². The van der Waals surface area contributed by atoms with E-state index in [9.17, 15) is 4.79 Å². The zero-order chi connectivity index (χ0) is 17.0. The third kappa shape index (κ3) is 4.14. The predicted molar refractivity (Wildman–Crippen MR) is 96.4 cm³/mol. The lowest BCUT2D eigenvalue weighted by Crippen LogP contribution is -2.27. The highest BCUT2D eigenvalue weighted by molar-refractivity contribution is 5.97. The number of carbonyl (C=O) groups is 1. The van der Waals surface area contributed by atoms with Crippen LogP contribution in [0.2, 0.25) is 0 Å². The van der Waals surface area contributed by atoms with Gasteiger partial charge in [-0.3, -0.25) is 4.79 Å². The molecule has 24 heavy (non-hydrogen) atoms. The monoisotopic (exact) mass is 320 g/mol. The summed E-state index contributed by atoms with van der Waals surface area (Å²) >= 11 is 0. The summed E-state index contributed by atoms with van der Waals surface area (Å²) < 4.78 is 6.12. The number of ketones is 1. The Morgan fingerprint density at radius 1 is 0.875 bits per heavy atom. The Kier molecular flexibility index (Phi) is 4.84. The second-order valence-electron chi connectivity index (χ2n) is 7.28. The average Bonchev–Trinajstić information content (AvgIpc) is 2.57. The summed E-state index contributed by atoms with van der Waals surface area (Å²) in [4.78, 5) is 12.7. The number of benzene rings is 2. The van der Waals surface area contributed by atoms with Crippen LogP contribution in [0.5, 0.6) is 0 Å². The van der Waals surface area contributed by atoms with Crippen LogP contribution in [0, 0.1) is 5.41 Å². The van der Waals surface area contributed by atoms with E-state index < -0.39 is 0 Å². The lowest BCUT2D eigenvalue weighted by atomic mass is 9.75. The number of rotatable bonds is 5. The molecule has 0 bridgehead atoms. The Balaban J connectivity index is 1.85. The van der Waals surface area contributed by atoms with Crippen LogP contribution < -0.4 is 0 Å². The fourth-order valence-corrected chi connectivity index (χ4v) is 3.18. The molecule has 0 aromatic heterocycles. The van der Waals surface area contributed by atoms with Crippen LogP contribution in [0.15, 0.2) is 72.0 Å². The van der Waals surface area contributed by atoms with Crippen LogP contribution in [0.4, 0.5) is 0 Å². The second kappa shape index (κ2) is 7.04. The first-order valence-electron chi connectivity index (χ1n) is 8.49. The number of ether oxygens (including phenoxy) is 1. The molecule has 0 N–H and O–H groups in total. The molecule has 2 aromatic rings. The van der Waals surface area contributed by atoms with E-state index >= 15 is 0 Å². The van der Waals surface area contributed by atoms with Gasteiger partial charge in [0.25, 0.3) is 0 Å². The van der Waals surface area contributed by atoms with Gasteiger partial charge in [0.05, 0.1) is 0 Å². The van der Waals surface area contributed by atoms with Crippen molar-refractivity contribution in [1.29, 1.82) is 0 Å². The van der Waals surface area contributed by atoms with E-state index in [1.165, 1.54) is 0 Å². The lowest BCUT2D eigenvalue weighted by Gasteiger charge is -2.32. The Bertz CT molecular complexity index is 727. The van der Waals surface area contributed by atoms with Crippen molar-refractivity contribution in [2.75, 3.05) is 0 Å². The molecule has 0 radical (unpaired) electrons. The highest BCUT2D eigenvalue weighted by Crippen LogP contribution is 2.38. The number of hydrogen-bond acceptors (Lipinski definition) is 2. The summed E-state index contributed by atoms with van der Waals surface area (Å²) in [5.74, 6) is 1.09. The summed E-state index contributed by atoms with van der Waals surface area (Å²) in [7, 11) is 0. The minimum absolute atomic E-state index is 0.0384. The van der Waals surface area contributed by atoms with E-state index in [-0.39, 0.29) is 11.2 Å². The van der Waals surface area contributed by atoms with Crippen LogP contribution in [0.1, 0.15) is 37.8 Å². The van der Waals surface area contributed by atoms with Crippen molar-refractivity contribution < 1.29 is 9.53 Å². The number of Topliss-reactive ketones (excluding diaryl/α,β-unsaturated/α-hetero) is 1. The topological polar surface area (TPSA) is 26.3 Å². The van der Waals surface area contributed by atoms with Gasteiger partial charge in [-0.2, -0.15) is 0 Å². The zero-order valence-electron chi connectivity index (χ0n) is 14.4. The molecule has 0 amide bonds. The molecular weight excluding hydrogens is 296 g/mol. The van der Waals surface area contributed by atoms with Gasteiger partial charge < -0.3 is 4.74 Å². The summed E-state index contributed by atoms with van der Waals surface area (Å²) in [5, 5.41) is 0. The van der Waals surface area contributed by atoms with E-state index in [1.54, 1.807) is 0 Å². The van der Waals surface area contributed by atoms with Gasteiger partial charge in [-0.1, -0.05) is 74.5 Å². The van der Waals surface area contributed by atoms with E-state index in [4.69, 9.17) is 4.74 Å². The average molecular weight is 320 g/mol. The van der Waals surface area contributed by atoms with Crippen molar-refractivity contribution in [2.24, 2.45) is 5.41 Å². The smallest absolute Gasteiger partial charge is 0.163 e. The highest BCUT2D eigenvalue weighted by Gasteiger charge is 2.33. The Morgan fingerprint density at radius 3 is 2.08 bits per heavy atom. The third-order valence-corrected chi connectivity index (χ3v) is 4.43. The summed E-state index contributed by atoms with van der Waals surface area (Å²) in [6.07, 6.45) is 2.06. The molecule has 2 nitrogen and oxygen atoms in total. The van der Waals surface area contributed by atoms with Crippen molar-refractivity contribution in [3.63, 3.8) is 0 Å². The van der Waals surface area contributed by atoms with Gasteiger partial charge in [-0.25, -0.2) is 0 Å². The molecule has 2 heteroatoms. The molecule has 0 fully saturated rings. The molecule has 0 atom stereocenters. The third-order valence-electron chi connectivity index (χ3n) is 4.43. The van der Waals surface area contributed by atoms with Gasteiger partial charge in [0, 0.05) is 24.8 Å². The molecule has 0 heterocycles. The number of hydrogen-bond donors (Lipinski definition) is 0. The van der Waals surface area contributed by atoms with Gasteiger partial charge in [0.15, 0.2) is 5.78 Å². The van der Waals surface area contributed by atoms with Gasteiger partial charge in [0.1, 0.15) is 12.4 Å². The SMILES string of the molecule is CC1(C)CC(=O)C(Cc2ccccc2)=C(OCc2ccccc2)C1. The molecule has 0 spiro atoms. The maximum absolute atomic E-state index is 12.7. The van der Waals surface area contributed by atoms with Crippen molar-refractivity contribution in [3.8, 4) is 0 Å². The van der Waals surface area contributed by atoms with Crippen molar-refractivity contribution in [3.05, 3.63) is 83.1 Å². The molecule has 0 unspecified atom stereocenters. The van der Waals surface area contributed by atoms with Gasteiger partial charge in [0.2, 0.25) is 0 Å². The molecule has 1 aliphatic carbocycles. The number of carbonyl (C=O) groups excluding carboxylic acids is 1. The normalized spacial score (nSPS) is 17.0. The zero-order valence-corrected chi connectivity index (χ0v) is 14.4. The van der Waals surface area contributed by atoms with Crippen molar-refractivity contribution in [2.45, 2.75) is 39.7 Å². The summed E-state index contributed by atoms with van der Waals surface area (Å²) in [6.45, 7) is 4.78. The molecule has 0 saturated carbocycles. The molecule has 3 rings (SSSR count).